The molecule has 0 atom stereocenters. The molecule has 2 aromatic heterocycles. The van der Waals surface area contributed by atoms with E-state index in [0.29, 0.717) is 18.1 Å². The first-order valence-corrected chi connectivity index (χ1v) is 7.17. The molecule has 2 rings (SSSR count). The highest BCUT2D eigenvalue weighted by atomic mass is 32.2. The van der Waals surface area contributed by atoms with Gasteiger partial charge in [0.15, 0.2) is 5.82 Å². The van der Waals surface area contributed by atoms with Crippen LogP contribution in [-0.4, -0.2) is 25.2 Å². The van der Waals surface area contributed by atoms with Crippen LogP contribution in [0.1, 0.15) is 11.5 Å². The third-order valence-electron chi connectivity index (χ3n) is 2.52. The molecule has 8 heteroatoms. The molecule has 0 bridgehead atoms. The Morgan fingerprint density at radius 2 is 2.21 bits per heavy atom. The lowest BCUT2D eigenvalue weighted by Crippen LogP contribution is -2.14. The van der Waals surface area contributed by atoms with E-state index >= 15 is 0 Å². The lowest BCUT2D eigenvalue weighted by atomic mass is 10.4. The van der Waals surface area contributed by atoms with Gasteiger partial charge >= 0.3 is 0 Å². The molecule has 0 aliphatic carbocycles. The molecule has 0 saturated heterocycles. The fraction of sp³-hybridized carbons (Fsp3) is 0.364. The molecule has 104 valence electrons. The van der Waals surface area contributed by atoms with Gasteiger partial charge in [-0.2, -0.15) is 5.10 Å². The Morgan fingerprint density at radius 3 is 2.79 bits per heavy atom. The number of aryl methyl sites for hydroxylation is 2. The molecular formula is C11H16N4O3S. The predicted octanol–water partition coefficient (Wildman–Crippen LogP) is 0.842. The summed E-state index contributed by atoms with van der Waals surface area (Å²) in [7, 11) is -0.199. The van der Waals surface area contributed by atoms with Gasteiger partial charge in [0.25, 0.3) is 10.0 Å². The van der Waals surface area contributed by atoms with Gasteiger partial charge in [0.2, 0.25) is 0 Å². The SMILES string of the molecule is CNCc1cc(S(=O)(=O)Nc2ccn(C)n2)c(C)o1. The maximum atomic E-state index is 12.2. The van der Waals surface area contributed by atoms with Crippen LogP contribution in [0, 0.1) is 6.92 Å². The van der Waals surface area contributed by atoms with E-state index in [1.165, 1.54) is 10.7 Å². The van der Waals surface area contributed by atoms with E-state index in [1.54, 1.807) is 33.3 Å². The van der Waals surface area contributed by atoms with Gasteiger partial charge in [0.1, 0.15) is 16.4 Å². The highest BCUT2D eigenvalue weighted by Gasteiger charge is 2.22. The molecule has 0 amide bonds. The normalized spacial score (nSPS) is 11.7. The number of nitrogens with zero attached hydrogens (tertiary/aromatic N) is 2. The van der Waals surface area contributed by atoms with Crippen LogP contribution in [0.5, 0.6) is 0 Å². The minimum absolute atomic E-state index is 0.128. The van der Waals surface area contributed by atoms with Gasteiger partial charge < -0.3 is 9.73 Å². The van der Waals surface area contributed by atoms with Crippen LogP contribution < -0.4 is 10.0 Å². The zero-order valence-corrected chi connectivity index (χ0v) is 11.8. The average molecular weight is 284 g/mol. The lowest BCUT2D eigenvalue weighted by Gasteiger charge is -2.03. The third-order valence-corrected chi connectivity index (χ3v) is 3.98. The minimum atomic E-state index is -3.68. The topological polar surface area (TPSA) is 89.2 Å². The van der Waals surface area contributed by atoms with Crippen molar-refractivity contribution in [2.24, 2.45) is 7.05 Å². The first-order chi connectivity index (χ1) is 8.92. The molecule has 0 aromatic carbocycles. The zero-order valence-electron chi connectivity index (χ0n) is 11.0. The van der Waals surface area contributed by atoms with Crippen molar-refractivity contribution in [3.63, 3.8) is 0 Å². The van der Waals surface area contributed by atoms with Crippen LogP contribution in [-0.2, 0) is 23.6 Å². The van der Waals surface area contributed by atoms with Crippen molar-refractivity contribution in [1.82, 2.24) is 15.1 Å². The van der Waals surface area contributed by atoms with E-state index in [9.17, 15) is 8.42 Å². The van der Waals surface area contributed by atoms with Gasteiger partial charge in [0, 0.05) is 25.4 Å². The summed E-state index contributed by atoms with van der Waals surface area (Å²) >= 11 is 0. The molecule has 0 unspecified atom stereocenters. The molecule has 0 aliphatic rings. The molecule has 0 radical (unpaired) electrons. The molecule has 0 spiro atoms. The van der Waals surface area contributed by atoms with Crippen LogP contribution in [0.2, 0.25) is 0 Å². The summed E-state index contributed by atoms with van der Waals surface area (Å²) in [6, 6.07) is 3.10. The molecular weight excluding hydrogens is 268 g/mol. The Labute approximate surface area is 111 Å². The second-order valence-electron chi connectivity index (χ2n) is 4.14. The largest absolute Gasteiger partial charge is 0.464 e. The molecule has 0 aliphatic heterocycles. The fourth-order valence-electron chi connectivity index (χ4n) is 1.71. The highest BCUT2D eigenvalue weighted by molar-refractivity contribution is 7.92. The standard InChI is InChI=1S/C11H16N4O3S/c1-8-10(6-9(18-8)7-12-2)19(16,17)14-11-4-5-15(3)13-11/h4-6,12H,7H2,1-3H3,(H,13,14). The van der Waals surface area contributed by atoms with Crippen molar-refractivity contribution < 1.29 is 12.8 Å². The van der Waals surface area contributed by atoms with Crippen molar-refractivity contribution in [3.05, 3.63) is 29.9 Å². The molecule has 2 aromatic rings. The van der Waals surface area contributed by atoms with Crippen LogP contribution in [0.3, 0.4) is 0 Å². The number of hydrogen-bond acceptors (Lipinski definition) is 5. The summed E-state index contributed by atoms with van der Waals surface area (Å²) in [5.41, 5.74) is 0. The summed E-state index contributed by atoms with van der Waals surface area (Å²) < 4.78 is 33.7. The van der Waals surface area contributed by atoms with Crippen molar-refractivity contribution >= 4 is 15.8 Å². The number of nitrogens with one attached hydrogen (secondary N) is 2. The second kappa shape index (κ2) is 5.06. The fourth-order valence-corrected chi connectivity index (χ4v) is 2.92. The quantitative estimate of drug-likeness (QED) is 0.849. The monoisotopic (exact) mass is 284 g/mol. The number of rotatable bonds is 5. The molecule has 0 saturated carbocycles. The number of aromatic nitrogens is 2. The number of anilines is 1. The average Bonchev–Trinajstić information content (AvgIpc) is 2.86. The van der Waals surface area contributed by atoms with Crippen molar-refractivity contribution in [1.29, 1.82) is 0 Å². The maximum absolute atomic E-state index is 12.2. The lowest BCUT2D eigenvalue weighted by molar-refractivity contribution is 0.466. The van der Waals surface area contributed by atoms with Gasteiger partial charge in [-0.15, -0.1) is 0 Å². The van der Waals surface area contributed by atoms with Crippen molar-refractivity contribution in [3.8, 4) is 0 Å². The first-order valence-electron chi connectivity index (χ1n) is 5.69. The smallest absolute Gasteiger partial charge is 0.266 e. The summed E-state index contributed by atoms with van der Waals surface area (Å²) in [6.45, 7) is 2.09. The van der Waals surface area contributed by atoms with Crippen LogP contribution in [0.4, 0.5) is 5.82 Å². The zero-order chi connectivity index (χ0) is 14.0. The summed E-state index contributed by atoms with van der Waals surface area (Å²) in [5.74, 6) is 1.20. The van der Waals surface area contributed by atoms with Gasteiger partial charge in [-0.1, -0.05) is 0 Å². The Kier molecular flexibility index (Phi) is 3.63. The maximum Gasteiger partial charge on any atom is 0.266 e. The Hall–Kier alpha value is -1.80. The first kappa shape index (κ1) is 13.6. The number of furan rings is 1. The van der Waals surface area contributed by atoms with Gasteiger partial charge in [-0.3, -0.25) is 9.40 Å². The van der Waals surface area contributed by atoms with E-state index < -0.39 is 10.0 Å². The third kappa shape index (κ3) is 2.96. The number of hydrogen-bond donors (Lipinski definition) is 2. The van der Waals surface area contributed by atoms with E-state index in [-0.39, 0.29) is 10.7 Å². The van der Waals surface area contributed by atoms with Crippen LogP contribution in [0.15, 0.2) is 27.6 Å². The summed E-state index contributed by atoms with van der Waals surface area (Å²) in [4.78, 5) is 0.128. The van der Waals surface area contributed by atoms with Crippen molar-refractivity contribution in [2.75, 3.05) is 11.8 Å². The molecule has 2 N–H and O–H groups in total. The van der Waals surface area contributed by atoms with E-state index in [0.717, 1.165) is 0 Å². The highest BCUT2D eigenvalue weighted by Crippen LogP contribution is 2.22. The molecule has 19 heavy (non-hydrogen) atoms. The van der Waals surface area contributed by atoms with Gasteiger partial charge in [-0.05, 0) is 14.0 Å². The Bertz CT molecular complexity index is 672. The number of sulfonamides is 1. The van der Waals surface area contributed by atoms with E-state index in [4.69, 9.17) is 4.42 Å². The van der Waals surface area contributed by atoms with E-state index in [2.05, 4.69) is 15.1 Å². The molecule has 7 nitrogen and oxygen atoms in total. The summed E-state index contributed by atoms with van der Waals surface area (Å²) in [5, 5.41) is 6.88. The molecule has 2 heterocycles. The van der Waals surface area contributed by atoms with Crippen molar-refractivity contribution in [2.45, 2.75) is 18.4 Å². The predicted molar refractivity (Wildman–Crippen MR) is 70.2 cm³/mol. The Morgan fingerprint density at radius 1 is 1.47 bits per heavy atom. The van der Waals surface area contributed by atoms with Crippen LogP contribution in [0.25, 0.3) is 0 Å². The van der Waals surface area contributed by atoms with Crippen LogP contribution >= 0.6 is 0 Å². The van der Waals surface area contributed by atoms with E-state index in [1.807, 2.05) is 0 Å². The Balaban J connectivity index is 2.28. The van der Waals surface area contributed by atoms with Gasteiger partial charge in [0.05, 0.1) is 6.54 Å². The second-order valence-corrected chi connectivity index (χ2v) is 5.79. The minimum Gasteiger partial charge on any atom is -0.464 e. The van der Waals surface area contributed by atoms with Gasteiger partial charge in [-0.25, -0.2) is 8.42 Å². The summed E-state index contributed by atoms with van der Waals surface area (Å²) in [6.07, 6.45) is 1.66. The molecule has 0 fully saturated rings.